The van der Waals surface area contributed by atoms with E-state index in [4.69, 9.17) is 11.5 Å². The van der Waals surface area contributed by atoms with Gasteiger partial charge in [0.05, 0.1) is 5.41 Å². The van der Waals surface area contributed by atoms with Gasteiger partial charge in [0.15, 0.2) is 0 Å². The van der Waals surface area contributed by atoms with E-state index in [2.05, 4.69) is 14.9 Å². The molecule has 1 saturated heterocycles. The summed E-state index contributed by atoms with van der Waals surface area (Å²) in [7, 11) is 0. The molecule has 2 heterocycles. The first-order valence-electron chi connectivity index (χ1n) is 7.76. The standard InChI is InChI=1S/C11H15N5O.2C2H6/c12-8-2-4-14-10(15-8)16-6-11(9(13)17)3-1-7(16)5-11;2*1-2/h2,4,7H,1,3,5-6H2,(H2,13,17)(H2,12,14,15);2*1-2H3. The van der Waals surface area contributed by atoms with Gasteiger partial charge in [0, 0.05) is 18.8 Å². The van der Waals surface area contributed by atoms with Crippen LogP contribution in [0.5, 0.6) is 0 Å². The van der Waals surface area contributed by atoms with E-state index >= 15 is 0 Å². The molecule has 4 N–H and O–H groups in total. The monoisotopic (exact) mass is 293 g/mol. The highest BCUT2D eigenvalue weighted by Gasteiger charge is 2.53. The molecule has 3 rings (SSSR count). The zero-order valence-corrected chi connectivity index (χ0v) is 13.5. The molecule has 2 bridgehead atoms. The highest BCUT2D eigenvalue weighted by molar-refractivity contribution is 5.83. The fourth-order valence-corrected chi connectivity index (χ4v) is 3.00. The van der Waals surface area contributed by atoms with E-state index in [-0.39, 0.29) is 11.3 Å². The number of anilines is 2. The van der Waals surface area contributed by atoms with E-state index in [1.54, 1.807) is 12.3 Å². The molecule has 2 aliphatic rings. The van der Waals surface area contributed by atoms with E-state index in [0.29, 0.717) is 24.4 Å². The number of aromatic nitrogens is 2. The van der Waals surface area contributed by atoms with Crippen molar-refractivity contribution in [3.63, 3.8) is 0 Å². The fraction of sp³-hybridized carbons (Fsp3) is 0.667. The molecule has 21 heavy (non-hydrogen) atoms. The number of hydrogen-bond acceptors (Lipinski definition) is 5. The van der Waals surface area contributed by atoms with Crippen molar-refractivity contribution in [3.8, 4) is 0 Å². The third-order valence-electron chi connectivity index (χ3n) is 3.94. The van der Waals surface area contributed by atoms with E-state index in [9.17, 15) is 4.79 Å². The predicted octanol–water partition coefficient (Wildman–Crippen LogP) is 1.96. The molecule has 1 aliphatic carbocycles. The minimum absolute atomic E-state index is 0.202. The molecule has 1 aromatic heterocycles. The molecule has 1 amide bonds. The molecular formula is C15H27N5O. The maximum Gasteiger partial charge on any atom is 0.227 e. The number of nitrogens with zero attached hydrogens (tertiary/aromatic N) is 3. The van der Waals surface area contributed by atoms with Crippen LogP contribution in [0.25, 0.3) is 0 Å². The van der Waals surface area contributed by atoms with Crippen molar-refractivity contribution in [1.29, 1.82) is 0 Å². The molecule has 2 fully saturated rings. The Bertz CT molecular complexity index is 479. The average Bonchev–Trinajstić information content (AvgIpc) is 3.11. The Morgan fingerprint density at radius 3 is 2.57 bits per heavy atom. The quantitative estimate of drug-likeness (QED) is 0.868. The number of piperidine rings is 1. The summed E-state index contributed by atoms with van der Waals surface area (Å²) in [5.74, 6) is 0.857. The van der Waals surface area contributed by atoms with Crippen LogP contribution < -0.4 is 16.4 Å². The summed E-state index contributed by atoms with van der Waals surface area (Å²) in [6, 6.07) is 1.98. The van der Waals surface area contributed by atoms with Gasteiger partial charge in [-0.15, -0.1) is 0 Å². The van der Waals surface area contributed by atoms with E-state index < -0.39 is 0 Å². The number of primary amides is 1. The number of amides is 1. The van der Waals surface area contributed by atoms with Gasteiger partial charge < -0.3 is 16.4 Å². The summed E-state index contributed by atoms with van der Waals surface area (Å²) in [6.07, 6.45) is 4.31. The Kier molecular flexibility index (Phi) is 5.93. The third kappa shape index (κ3) is 3.25. The second-order valence-electron chi connectivity index (χ2n) is 4.95. The molecule has 0 spiro atoms. The minimum Gasteiger partial charge on any atom is -0.384 e. The lowest BCUT2D eigenvalue weighted by Gasteiger charge is -2.30. The Hall–Kier alpha value is -1.85. The maximum absolute atomic E-state index is 11.6. The molecule has 0 radical (unpaired) electrons. The van der Waals surface area contributed by atoms with Gasteiger partial charge in [0.1, 0.15) is 5.82 Å². The molecule has 1 saturated carbocycles. The number of nitrogens with two attached hydrogens (primary N) is 2. The van der Waals surface area contributed by atoms with Crippen LogP contribution in [0.1, 0.15) is 47.0 Å². The molecular weight excluding hydrogens is 266 g/mol. The highest BCUT2D eigenvalue weighted by atomic mass is 16.1. The molecule has 2 unspecified atom stereocenters. The number of fused-ring (bicyclic) bond motifs is 2. The van der Waals surface area contributed by atoms with E-state index in [1.165, 1.54) is 0 Å². The minimum atomic E-state index is -0.376. The topological polar surface area (TPSA) is 98.1 Å². The van der Waals surface area contributed by atoms with Crippen molar-refractivity contribution in [3.05, 3.63) is 12.3 Å². The normalized spacial score (nSPS) is 25.5. The van der Waals surface area contributed by atoms with Crippen LogP contribution in [0.4, 0.5) is 11.8 Å². The summed E-state index contributed by atoms with van der Waals surface area (Å²) < 4.78 is 0. The number of hydrogen-bond donors (Lipinski definition) is 2. The van der Waals surface area contributed by atoms with Gasteiger partial charge >= 0.3 is 0 Å². The van der Waals surface area contributed by atoms with Crippen molar-refractivity contribution >= 4 is 17.7 Å². The van der Waals surface area contributed by atoms with Crippen molar-refractivity contribution in [2.75, 3.05) is 17.2 Å². The van der Waals surface area contributed by atoms with E-state index in [0.717, 1.165) is 19.3 Å². The Morgan fingerprint density at radius 2 is 2.05 bits per heavy atom. The van der Waals surface area contributed by atoms with Gasteiger partial charge in [-0.3, -0.25) is 4.79 Å². The zero-order valence-electron chi connectivity index (χ0n) is 13.5. The Labute approximate surface area is 126 Å². The highest BCUT2D eigenvalue weighted by Crippen LogP contribution is 2.48. The molecule has 6 nitrogen and oxygen atoms in total. The van der Waals surface area contributed by atoms with Crippen LogP contribution in [0.15, 0.2) is 12.3 Å². The van der Waals surface area contributed by atoms with Crippen LogP contribution >= 0.6 is 0 Å². The van der Waals surface area contributed by atoms with Crippen LogP contribution in [0.2, 0.25) is 0 Å². The van der Waals surface area contributed by atoms with Gasteiger partial charge in [-0.05, 0) is 25.3 Å². The van der Waals surface area contributed by atoms with Gasteiger partial charge in [0.2, 0.25) is 11.9 Å². The third-order valence-corrected chi connectivity index (χ3v) is 3.94. The van der Waals surface area contributed by atoms with Crippen LogP contribution in [-0.4, -0.2) is 28.5 Å². The first kappa shape index (κ1) is 17.2. The molecule has 2 atom stereocenters. The lowest BCUT2D eigenvalue weighted by Crippen LogP contribution is -2.42. The van der Waals surface area contributed by atoms with Gasteiger partial charge in [-0.2, -0.15) is 4.98 Å². The van der Waals surface area contributed by atoms with Crippen LogP contribution in [-0.2, 0) is 4.79 Å². The Morgan fingerprint density at radius 1 is 1.38 bits per heavy atom. The van der Waals surface area contributed by atoms with Crippen LogP contribution in [0.3, 0.4) is 0 Å². The maximum atomic E-state index is 11.6. The number of carbonyl (C=O) groups excluding carboxylic acids is 1. The summed E-state index contributed by atoms with van der Waals surface area (Å²) in [5.41, 5.74) is 10.8. The molecule has 1 aromatic rings. The summed E-state index contributed by atoms with van der Waals surface area (Å²) >= 11 is 0. The van der Waals surface area contributed by atoms with Gasteiger partial charge in [0.25, 0.3) is 0 Å². The second kappa shape index (κ2) is 7.24. The Balaban J connectivity index is 0.000000510. The fourth-order valence-electron chi connectivity index (χ4n) is 3.00. The van der Waals surface area contributed by atoms with Crippen molar-refractivity contribution in [1.82, 2.24) is 9.97 Å². The van der Waals surface area contributed by atoms with Crippen molar-refractivity contribution in [2.45, 2.75) is 53.0 Å². The van der Waals surface area contributed by atoms with E-state index in [1.807, 2.05) is 27.7 Å². The van der Waals surface area contributed by atoms with Crippen molar-refractivity contribution < 1.29 is 4.79 Å². The molecule has 1 aliphatic heterocycles. The first-order valence-corrected chi connectivity index (χ1v) is 7.76. The number of carbonyl (C=O) groups is 1. The summed E-state index contributed by atoms with van der Waals surface area (Å²) in [4.78, 5) is 22.0. The molecule has 0 aromatic carbocycles. The zero-order chi connectivity index (χ0) is 16.0. The molecule has 118 valence electrons. The lowest BCUT2D eigenvalue weighted by atomic mass is 9.87. The molecule has 6 heteroatoms. The summed E-state index contributed by atoms with van der Waals surface area (Å²) in [5, 5.41) is 0. The lowest BCUT2D eigenvalue weighted by molar-refractivity contribution is -0.126. The van der Waals surface area contributed by atoms with Crippen LogP contribution in [0, 0.1) is 5.41 Å². The number of nitrogen functional groups attached to an aromatic ring is 1. The van der Waals surface area contributed by atoms with Crippen molar-refractivity contribution in [2.24, 2.45) is 11.1 Å². The average molecular weight is 293 g/mol. The number of rotatable bonds is 2. The second-order valence-corrected chi connectivity index (χ2v) is 4.95. The predicted molar refractivity (Wildman–Crippen MR) is 85.8 cm³/mol. The first-order chi connectivity index (χ1) is 10.1. The largest absolute Gasteiger partial charge is 0.384 e. The summed E-state index contributed by atoms with van der Waals surface area (Å²) in [6.45, 7) is 8.62. The SMILES string of the molecule is CC.CC.NC(=O)C12CCC(C1)N(c1nccc(N)n1)C2. The smallest absolute Gasteiger partial charge is 0.227 e. The van der Waals surface area contributed by atoms with Gasteiger partial charge in [-0.1, -0.05) is 27.7 Å². The van der Waals surface area contributed by atoms with Gasteiger partial charge in [-0.25, -0.2) is 4.98 Å².